The van der Waals surface area contributed by atoms with Crippen LogP contribution in [0, 0.1) is 6.92 Å². The molecule has 0 spiro atoms. The van der Waals surface area contributed by atoms with Crippen LogP contribution in [0.25, 0.3) is 0 Å². The zero-order valence-electron chi connectivity index (χ0n) is 7.76. The molecule has 0 fully saturated rings. The van der Waals surface area contributed by atoms with E-state index in [-0.39, 0.29) is 6.04 Å². The van der Waals surface area contributed by atoms with Crippen molar-refractivity contribution >= 4 is 15.9 Å². The summed E-state index contributed by atoms with van der Waals surface area (Å²) in [7, 11) is 0. The third kappa shape index (κ3) is 2.98. The van der Waals surface area contributed by atoms with Gasteiger partial charge in [-0.2, -0.15) is 0 Å². The molecule has 1 rings (SSSR count). The van der Waals surface area contributed by atoms with Crippen molar-refractivity contribution < 1.29 is 0 Å². The third-order valence-corrected chi connectivity index (χ3v) is 2.37. The van der Waals surface area contributed by atoms with Crippen LogP contribution in [-0.4, -0.2) is 0 Å². The molecule has 0 aliphatic carbocycles. The lowest BCUT2D eigenvalue weighted by atomic mass is 10.0. The molecule has 0 aliphatic heterocycles. The van der Waals surface area contributed by atoms with Gasteiger partial charge in [0, 0.05) is 10.5 Å². The summed E-state index contributed by atoms with van der Waals surface area (Å²) in [4.78, 5) is 0. The lowest BCUT2D eigenvalue weighted by molar-refractivity contribution is 0.740. The van der Waals surface area contributed by atoms with Crippen molar-refractivity contribution in [3.05, 3.63) is 46.5 Å². The van der Waals surface area contributed by atoms with Crippen molar-refractivity contribution in [3.8, 4) is 0 Å². The van der Waals surface area contributed by atoms with Crippen molar-refractivity contribution in [2.75, 3.05) is 0 Å². The highest BCUT2D eigenvalue weighted by atomic mass is 79.9. The van der Waals surface area contributed by atoms with Gasteiger partial charge in [-0.15, -0.1) is 6.58 Å². The van der Waals surface area contributed by atoms with E-state index in [2.05, 4.69) is 47.6 Å². The molecule has 1 aromatic carbocycles. The molecule has 1 nitrogen and oxygen atoms in total. The molecule has 13 heavy (non-hydrogen) atoms. The Kier molecular flexibility index (Phi) is 3.70. The molecule has 0 saturated heterocycles. The van der Waals surface area contributed by atoms with Crippen molar-refractivity contribution in [2.45, 2.75) is 19.4 Å². The van der Waals surface area contributed by atoms with Crippen LogP contribution in [0.1, 0.15) is 23.6 Å². The number of aryl methyl sites for hydroxylation is 1. The van der Waals surface area contributed by atoms with E-state index in [0.29, 0.717) is 0 Å². The average molecular weight is 240 g/mol. The fraction of sp³-hybridized carbons (Fsp3) is 0.273. The molecule has 1 aromatic rings. The summed E-state index contributed by atoms with van der Waals surface area (Å²) in [5, 5.41) is 0. The Morgan fingerprint density at radius 3 is 2.77 bits per heavy atom. The molecule has 0 saturated carbocycles. The van der Waals surface area contributed by atoms with E-state index in [1.165, 1.54) is 5.56 Å². The second-order valence-corrected chi connectivity index (χ2v) is 4.11. The molecule has 0 heterocycles. The van der Waals surface area contributed by atoms with Gasteiger partial charge in [0.05, 0.1) is 0 Å². The minimum atomic E-state index is 0.0636. The van der Waals surface area contributed by atoms with Crippen LogP contribution in [-0.2, 0) is 0 Å². The number of hydrogen-bond donors (Lipinski definition) is 1. The molecule has 0 bridgehead atoms. The Labute approximate surface area is 87.8 Å². The molecule has 0 radical (unpaired) electrons. The number of rotatable bonds is 3. The van der Waals surface area contributed by atoms with E-state index in [4.69, 9.17) is 5.73 Å². The predicted molar refractivity (Wildman–Crippen MR) is 60.6 cm³/mol. The van der Waals surface area contributed by atoms with E-state index in [1.807, 2.05) is 6.08 Å². The maximum atomic E-state index is 5.95. The molecular formula is C11H14BrN. The zero-order chi connectivity index (χ0) is 9.84. The highest BCUT2D eigenvalue weighted by Gasteiger charge is 2.04. The quantitative estimate of drug-likeness (QED) is 0.805. The number of halogens is 1. The molecule has 2 N–H and O–H groups in total. The van der Waals surface area contributed by atoms with Crippen LogP contribution >= 0.6 is 15.9 Å². The van der Waals surface area contributed by atoms with Gasteiger partial charge in [0.15, 0.2) is 0 Å². The monoisotopic (exact) mass is 239 g/mol. The van der Waals surface area contributed by atoms with Gasteiger partial charge in [-0.25, -0.2) is 0 Å². The summed E-state index contributed by atoms with van der Waals surface area (Å²) in [5.74, 6) is 0. The third-order valence-electron chi connectivity index (χ3n) is 1.91. The Bertz CT molecular complexity index is 287. The van der Waals surface area contributed by atoms with E-state index >= 15 is 0 Å². The maximum absolute atomic E-state index is 5.95. The first kappa shape index (κ1) is 10.5. The van der Waals surface area contributed by atoms with Crippen LogP contribution in [0.5, 0.6) is 0 Å². The normalized spacial score (nSPS) is 12.5. The molecule has 1 atom stereocenters. The zero-order valence-corrected chi connectivity index (χ0v) is 9.34. The van der Waals surface area contributed by atoms with Gasteiger partial charge in [-0.3, -0.25) is 0 Å². The van der Waals surface area contributed by atoms with Gasteiger partial charge in [0.2, 0.25) is 0 Å². The largest absolute Gasteiger partial charge is 0.324 e. The topological polar surface area (TPSA) is 26.0 Å². The summed E-state index contributed by atoms with van der Waals surface area (Å²) in [6.45, 7) is 5.74. The summed E-state index contributed by atoms with van der Waals surface area (Å²) in [6.07, 6.45) is 2.66. The van der Waals surface area contributed by atoms with Crippen LogP contribution in [0.15, 0.2) is 35.3 Å². The Hall–Kier alpha value is -0.600. The van der Waals surface area contributed by atoms with Crippen LogP contribution in [0.3, 0.4) is 0 Å². The first-order chi connectivity index (χ1) is 6.13. The molecule has 0 aliphatic rings. The van der Waals surface area contributed by atoms with Crippen molar-refractivity contribution in [1.82, 2.24) is 0 Å². The Morgan fingerprint density at radius 1 is 1.54 bits per heavy atom. The molecule has 70 valence electrons. The van der Waals surface area contributed by atoms with E-state index < -0.39 is 0 Å². The molecule has 0 unspecified atom stereocenters. The van der Waals surface area contributed by atoms with E-state index in [0.717, 1.165) is 16.5 Å². The van der Waals surface area contributed by atoms with Gasteiger partial charge < -0.3 is 5.73 Å². The SMILES string of the molecule is C=CC[C@H](N)c1cc(C)cc(Br)c1. The van der Waals surface area contributed by atoms with Gasteiger partial charge in [0.1, 0.15) is 0 Å². The Balaban J connectivity index is 2.93. The molecule has 2 heteroatoms. The minimum Gasteiger partial charge on any atom is -0.324 e. The van der Waals surface area contributed by atoms with Crippen molar-refractivity contribution in [3.63, 3.8) is 0 Å². The number of nitrogens with two attached hydrogens (primary N) is 1. The first-order valence-electron chi connectivity index (χ1n) is 4.27. The summed E-state index contributed by atoms with van der Waals surface area (Å²) in [6, 6.07) is 6.30. The van der Waals surface area contributed by atoms with E-state index in [1.54, 1.807) is 0 Å². The van der Waals surface area contributed by atoms with Gasteiger partial charge >= 0.3 is 0 Å². The lowest BCUT2D eigenvalue weighted by Crippen LogP contribution is -2.09. The van der Waals surface area contributed by atoms with Crippen LogP contribution < -0.4 is 5.73 Å². The molecular weight excluding hydrogens is 226 g/mol. The summed E-state index contributed by atoms with van der Waals surface area (Å²) in [5.41, 5.74) is 8.34. The van der Waals surface area contributed by atoms with Gasteiger partial charge in [-0.1, -0.05) is 28.1 Å². The first-order valence-corrected chi connectivity index (χ1v) is 5.06. The standard InChI is InChI=1S/C11H14BrN/c1-3-4-11(13)9-5-8(2)6-10(12)7-9/h3,5-7,11H,1,4,13H2,2H3/t11-/m0/s1. The van der Waals surface area contributed by atoms with E-state index in [9.17, 15) is 0 Å². The van der Waals surface area contributed by atoms with Crippen molar-refractivity contribution in [2.24, 2.45) is 5.73 Å². The van der Waals surface area contributed by atoms with Gasteiger partial charge in [0.25, 0.3) is 0 Å². The smallest absolute Gasteiger partial charge is 0.0330 e. The second kappa shape index (κ2) is 4.58. The van der Waals surface area contributed by atoms with Crippen molar-refractivity contribution in [1.29, 1.82) is 0 Å². The average Bonchev–Trinajstić information content (AvgIpc) is 2.03. The predicted octanol–water partition coefficient (Wildman–Crippen LogP) is 3.33. The minimum absolute atomic E-state index is 0.0636. The fourth-order valence-electron chi connectivity index (χ4n) is 1.29. The van der Waals surface area contributed by atoms with Crippen LogP contribution in [0.4, 0.5) is 0 Å². The lowest BCUT2D eigenvalue weighted by Gasteiger charge is -2.10. The summed E-state index contributed by atoms with van der Waals surface area (Å²) < 4.78 is 1.09. The maximum Gasteiger partial charge on any atom is 0.0330 e. The second-order valence-electron chi connectivity index (χ2n) is 3.19. The molecule has 0 amide bonds. The Morgan fingerprint density at radius 2 is 2.23 bits per heavy atom. The molecule has 0 aromatic heterocycles. The fourth-order valence-corrected chi connectivity index (χ4v) is 1.92. The van der Waals surface area contributed by atoms with Crippen LogP contribution in [0.2, 0.25) is 0 Å². The highest BCUT2D eigenvalue weighted by molar-refractivity contribution is 9.10. The highest BCUT2D eigenvalue weighted by Crippen LogP contribution is 2.21. The number of hydrogen-bond acceptors (Lipinski definition) is 1. The summed E-state index contributed by atoms with van der Waals surface area (Å²) >= 11 is 3.45. The van der Waals surface area contributed by atoms with Gasteiger partial charge in [-0.05, 0) is 36.6 Å². The number of benzene rings is 1.